The quantitative estimate of drug-likeness (QED) is 0.706. The lowest BCUT2D eigenvalue weighted by Gasteiger charge is -2.19. The zero-order chi connectivity index (χ0) is 11.4. The van der Waals surface area contributed by atoms with E-state index in [0.29, 0.717) is 0 Å². The van der Waals surface area contributed by atoms with Crippen molar-refractivity contribution in [2.45, 2.75) is 32.4 Å². The summed E-state index contributed by atoms with van der Waals surface area (Å²) < 4.78 is 2.10. The fraction of sp³-hybridized carbons (Fsp3) is 0.692. The molecule has 1 aromatic heterocycles. The standard InChI is InChI=1S/C13H23N3/c1-3-16(13-4-5-13)9-7-14-10-12-6-8-15(2)11-12/h6,8,11,13-14H,3-5,7,9-10H2,1-2H3. The highest BCUT2D eigenvalue weighted by Gasteiger charge is 2.26. The van der Waals surface area contributed by atoms with E-state index >= 15 is 0 Å². The van der Waals surface area contributed by atoms with Gasteiger partial charge in [-0.15, -0.1) is 0 Å². The van der Waals surface area contributed by atoms with E-state index in [4.69, 9.17) is 0 Å². The molecule has 90 valence electrons. The molecule has 0 bridgehead atoms. The Balaban J connectivity index is 1.60. The van der Waals surface area contributed by atoms with Crippen LogP contribution in [0.15, 0.2) is 18.5 Å². The number of nitrogens with zero attached hydrogens (tertiary/aromatic N) is 2. The van der Waals surface area contributed by atoms with Crippen LogP contribution >= 0.6 is 0 Å². The SMILES string of the molecule is CCN(CCNCc1ccn(C)c1)C1CC1. The van der Waals surface area contributed by atoms with E-state index in [9.17, 15) is 0 Å². The summed E-state index contributed by atoms with van der Waals surface area (Å²) in [6.07, 6.45) is 7.09. The van der Waals surface area contributed by atoms with Gasteiger partial charge in [0.05, 0.1) is 0 Å². The third-order valence-electron chi connectivity index (χ3n) is 3.27. The van der Waals surface area contributed by atoms with Gasteiger partial charge in [0.25, 0.3) is 0 Å². The Bertz CT molecular complexity index is 315. The largest absolute Gasteiger partial charge is 0.357 e. The first-order chi connectivity index (χ1) is 7.79. The number of hydrogen-bond acceptors (Lipinski definition) is 2. The molecule has 0 saturated heterocycles. The zero-order valence-corrected chi connectivity index (χ0v) is 10.4. The van der Waals surface area contributed by atoms with Gasteiger partial charge >= 0.3 is 0 Å². The molecule has 1 aliphatic carbocycles. The van der Waals surface area contributed by atoms with Crippen LogP contribution in [0.1, 0.15) is 25.3 Å². The Morgan fingerprint density at radius 1 is 1.50 bits per heavy atom. The highest BCUT2D eigenvalue weighted by molar-refractivity contribution is 5.09. The van der Waals surface area contributed by atoms with Crippen molar-refractivity contribution in [3.05, 3.63) is 24.0 Å². The van der Waals surface area contributed by atoms with E-state index < -0.39 is 0 Å². The van der Waals surface area contributed by atoms with Crippen molar-refractivity contribution >= 4 is 0 Å². The van der Waals surface area contributed by atoms with Crippen molar-refractivity contribution in [3.8, 4) is 0 Å². The van der Waals surface area contributed by atoms with Crippen LogP contribution in [0.4, 0.5) is 0 Å². The van der Waals surface area contributed by atoms with Gasteiger partial charge in [0.2, 0.25) is 0 Å². The second-order valence-electron chi connectivity index (χ2n) is 4.72. The zero-order valence-electron chi connectivity index (χ0n) is 10.4. The monoisotopic (exact) mass is 221 g/mol. The van der Waals surface area contributed by atoms with Gasteiger partial charge < -0.3 is 9.88 Å². The summed E-state index contributed by atoms with van der Waals surface area (Å²) in [4.78, 5) is 2.58. The van der Waals surface area contributed by atoms with Crippen molar-refractivity contribution in [1.29, 1.82) is 0 Å². The van der Waals surface area contributed by atoms with Gasteiger partial charge in [0, 0.05) is 45.1 Å². The average molecular weight is 221 g/mol. The van der Waals surface area contributed by atoms with Gasteiger partial charge in [-0.3, -0.25) is 4.90 Å². The molecule has 1 saturated carbocycles. The average Bonchev–Trinajstić information content (AvgIpc) is 3.03. The maximum atomic E-state index is 3.51. The van der Waals surface area contributed by atoms with Crippen LogP contribution in [-0.2, 0) is 13.6 Å². The minimum absolute atomic E-state index is 0.892. The number of nitrogens with one attached hydrogen (secondary N) is 1. The summed E-state index contributed by atoms with van der Waals surface area (Å²) in [7, 11) is 2.06. The van der Waals surface area contributed by atoms with Crippen molar-refractivity contribution in [1.82, 2.24) is 14.8 Å². The molecule has 16 heavy (non-hydrogen) atoms. The lowest BCUT2D eigenvalue weighted by molar-refractivity contribution is 0.277. The van der Waals surface area contributed by atoms with Crippen molar-refractivity contribution in [2.75, 3.05) is 19.6 Å². The Hall–Kier alpha value is -0.800. The second-order valence-corrected chi connectivity index (χ2v) is 4.72. The van der Waals surface area contributed by atoms with Gasteiger partial charge in [-0.2, -0.15) is 0 Å². The lowest BCUT2D eigenvalue weighted by Crippen LogP contribution is -2.33. The van der Waals surface area contributed by atoms with Gasteiger partial charge in [-0.1, -0.05) is 6.92 Å². The number of hydrogen-bond donors (Lipinski definition) is 1. The molecule has 3 heteroatoms. The smallest absolute Gasteiger partial charge is 0.0221 e. The molecule has 0 atom stereocenters. The molecule has 0 aromatic carbocycles. The molecule has 1 aliphatic rings. The topological polar surface area (TPSA) is 20.2 Å². The number of aryl methyl sites for hydroxylation is 1. The van der Waals surface area contributed by atoms with E-state index in [-0.39, 0.29) is 0 Å². The second kappa shape index (κ2) is 5.51. The number of rotatable bonds is 7. The molecule has 3 nitrogen and oxygen atoms in total. The maximum absolute atomic E-state index is 3.51. The summed E-state index contributed by atoms with van der Waals surface area (Å²) in [6, 6.07) is 3.06. The van der Waals surface area contributed by atoms with Crippen molar-refractivity contribution < 1.29 is 0 Å². The fourth-order valence-corrected chi connectivity index (χ4v) is 2.16. The summed E-state index contributed by atoms with van der Waals surface area (Å²) in [5.41, 5.74) is 1.37. The minimum Gasteiger partial charge on any atom is -0.357 e. The molecular weight excluding hydrogens is 198 g/mol. The summed E-state index contributed by atoms with van der Waals surface area (Å²) in [6.45, 7) is 6.73. The predicted molar refractivity (Wildman–Crippen MR) is 67.4 cm³/mol. The van der Waals surface area contributed by atoms with Gasteiger partial charge in [-0.25, -0.2) is 0 Å². The third kappa shape index (κ3) is 3.35. The molecule has 1 aromatic rings. The van der Waals surface area contributed by atoms with Crippen LogP contribution < -0.4 is 5.32 Å². The van der Waals surface area contributed by atoms with Gasteiger partial charge in [-0.05, 0) is 31.0 Å². The van der Waals surface area contributed by atoms with Gasteiger partial charge in [0.1, 0.15) is 0 Å². The van der Waals surface area contributed by atoms with E-state index in [0.717, 1.165) is 19.1 Å². The van der Waals surface area contributed by atoms with Crippen LogP contribution in [0.5, 0.6) is 0 Å². The maximum Gasteiger partial charge on any atom is 0.0221 e. The molecule has 1 heterocycles. The van der Waals surface area contributed by atoms with E-state index in [1.807, 2.05) is 0 Å². The molecule has 1 fully saturated rings. The first-order valence-electron chi connectivity index (χ1n) is 6.35. The minimum atomic E-state index is 0.892. The van der Waals surface area contributed by atoms with Crippen molar-refractivity contribution in [3.63, 3.8) is 0 Å². The van der Waals surface area contributed by atoms with E-state index in [1.54, 1.807) is 0 Å². The predicted octanol–water partition coefficient (Wildman–Crippen LogP) is 1.60. The van der Waals surface area contributed by atoms with E-state index in [2.05, 4.69) is 47.2 Å². The molecule has 2 rings (SSSR count). The van der Waals surface area contributed by atoms with Gasteiger partial charge in [0.15, 0.2) is 0 Å². The molecule has 0 aliphatic heterocycles. The summed E-state index contributed by atoms with van der Waals surface area (Å²) in [5, 5.41) is 3.51. The highest BCUT2D eigenvalue weighted by Crippen LogP contribution is 2.25. The summed E-state index contributed by atoms with van der Waals surface area (Å²) in [5.74, 6) is 0. The lowest BCUT2D eigenvalue weighted by atomic mass is 10.3. The number of likely N-dealkylation sites (N-methyl/N-ethyl adjacent to an activating group) is 1. The van der Waals surface area contributed by atoms with Crippen LogP contribution in [-0.4, -0.2) is 35.1 Å². The van der Waals surface area contributed by atoms with Crippen molar-refractivity contribution in [2.24, 2.45) is 7.05 Å². The third-order valence-corrected chi connectivity index (χ3v) is 3.27. The van der Waals surface area contributed by atoms with Crippen LogP contribution in [0.3, 0.4) is 0 Å². The van der Waals surface area contributed by atoms with Crippen LogP contribution in [0.25, 0.3) is 0 Å². The molecule has 0 amide bonds. The first-order valence-corrected chi connectivity index (χ1v) is 6.35. The Kier molecular flexibility index (Phi) is 4.02. The fourth-order valence-electron chi connectivity index (χ4n) is 2.16. The molecule has 0 radical (unpaired) electrons. The molecule has 0 spiro atoms. The highest BCUT2D eigenvalue weighted by atomic mass is 15.2. The normalized spacial score (nSPS) is 15.9. The molecule has 0 unspecified atom stereocenters. The van der Waals surface area contributed by atoms with Crippen LogP contribution in [0, 0.1) is 0 Å². The molecule has 1 N–H and O–H groups in total. The Labute approximate surface area is 98.4 Å². The first kappa shape index (κ1) is 11.7. The van der Waals surface area contributed by atoms with Crippen LogP contribution in [0.2, 0.25) is 0 Å². The number of aromatic nitrogens is 1. The summed E-state index contributed by atoms with van der Waals surface area (Å²) >= 11 is 0. The Morgan fingerprint density at radius 2 is 2.31 bits per heavy atom. The molecular formula is C13H23N3. The Morgan fingerprint density at radius 3 is 2.88 bits per heavy atom. The van der Waals surface area contributed by atoms with E-state index in [1.165, 1.54) is 31.5 Å².